The van der Waals surface area contributed by atoms with E-state index in [1.807, 2.05) is 32.9 Å². The molecule has 0 fully saturated rings. The second-order valence-corrected chi connectivity index (χ2v) is 5.02. The molecular weight excluding hydrogens is 254 g/mol. The molecule has 1 aromatic carbocycles. The van der Waals surface area contributed by atoms with Crippen LogP contribution in [0.2, 0.25) is 0 Å². The highest BCUT2D eigenvalue weighted by molar-refractivity contribution is 5.99. The molecule has 2 aromatic rings. The molecule has 2 rings (SSSR count). The van der Waals surface area contributed by atoms with Crippen LogP contribution in [0.1, 0.15) is 41.6 Å². The molecule has 0 amide bonds. The molecule has 5 nitrogen and oxygen atoms in total. The van der Waals surface area contributed by atoms with Crippen molar-refractivity contribution in [3.63, 3.8) is 0 Å². The Morgan fingerprint density at radius 1 is 1.40 bits per heavy atom. The lowest BCUT2D eigenvalue weighted by molar-refractivity contribution is 0.0986. The molecule has 0 unspecified atom stereocenters. The zero-order valence-corrected chi connectivity index (χ0v) is 12.3. The van der Waals surface area contributed by atoms with Crippen molar-refractivity contribution in [3.8, 4) is 5.75 Å². The van der Waals surface area contributed by atoms with Gasteiger partial charge in [-0.05, 0) is 38.5 Å². The van der Waals surface area contributed by atoms with Crippen molar-refractivity contribution in [2.24, 2.45) is 0 Å². The lowest BCUT2D eigenvalue weighted by Crippen LogP contribution is -2.13. The second-order valence-electron chi connectivity index (χ2n) is 5.02. The van der Waals surface area contributed by atoms with Gasteiger partial charge in [0, 0.05) is 6.04 Å². The van der Waals surface area contributed by atoms with Crippen molar-refractivity contribution >= 4 is 5.78 Å². The summed E-state index contributed by atoms with van der Waals surface area (Å²) in [6.45, 7) is 5.98. The summed E-state index contributed by atoms with van der Waals surface area (Å²) in [4.78, 5) is 16.6. The summed E-state index contributed by atoms with van der Waals surface area (Å²) in [5.41, 5.74) is 1.64. The molecule has 0 N–H and O–H groups in total. The van der Waals surface area contributed by atoms with Crippen LogP contribution in [-0.4, -0.2) is 27.7 Å². The van der Waals surface area contributed by atoms with Crippen LogP contribution in [0.5, 0.6) is 5.75 Å². The molecule has 106 valence electrons. The first kappa shape index (κ1) is 14.2. The summed E-state index contributed by atoms with van der Waals surface area (Å²) < 4.78 is 7.04. The van der Waals surface area contributed by atoms with Crippen LogP contribution >= 0.6 is 0 Å². The number of aryl methyl sites for hydroxylation is 1. The minimum absolute atomic E-state index is 0.0169. The number of hydrogen-bond donors (Lipinski definition) is 0. The van der Waals surface area contributed by atoms with E-state index in [1.165, 1.54) is 6.33 Å². The number of rotatable bonds is 5. The highest BCUT2D eigenvalue weighted by atomic mass is 16.5. The zero-order chi connectivity index (χ0) is 14.7. The summed E-state index contributed by atoms with van der Waals surface area (Å²) in [5, 5.41) is 4.14. The Labute approximate surface area is 118 Å². The van der Waals surface area contributed by atoms with Gasteiger partial charge in [-0.2, -0.15) is 5.10 Å². The second kappa shape index (κ2) is 5.86. The third kappa shape index (κ3) is 2.87. The quantitative estimate of drug-likeness (QED) is 0.786. The number of carbonyl (C=O) groups is 1. The van der Waals surface area contributed by atoms with Crippen molar-refractivity contribution in [3.05, 3.63) is 41.5 Å². The lowest BCUT2D eigenvalue weighted by Gasteiger charge is -2.11. The largest absolute Gasteiger partial charge is 0.496 e. The SMILES string of the molecule is COc1cc(C)ccc1C(=O)Cc1ncnn1C(C)C. The Morgan fingerprint density at radius 2 is 2.15 bits per heavy atom. The van der Waals surface area contributed by atoms with E-state index in [0.29, 0.717) is 17.1 Å². The number of methoxy groups -OCH3 is 1. The van der Waals surface area contributed by atoms with Crippen LogP contribution in [0.4, 0.5) is 0 Å². The Balaban J connectivity index is 2.26. The van der Waals surface area contributed by atoms with Gasteiger partial charge in [-0.1, -0.05) is 6.07 Å². The molecule has 0 spiro atoms. The molecule has 0 aliphatic carbocycles. The van der Waals surface area contributed by atoms with E-state index in [-0.39, 0.29) is 18.2 Å². The van der Waals surface area contributed by atoms with Gasteiger partial charge in [0.05, 0.1) is 19.1 Å². The maximum absolute atomic E-state index is 12.4. The van der Waals surface area contributed by atoms with Gasteiger partial charge in [-0.15, -0.1) is 0 Å². The van der Waals surface area contributed by atoms with Gasteiger partial charge >= 0.3 is 0 Å². The highest BCUT2D eigenvalue weighted by Crippen LogP contribution is 2.21. The van der Waals surface area contributed by atoms with Gasteiger partial charge in [-0.3, -0.25) is 4.79 Å². The Kier molecular flexibility index (Phi) is 4.17. The molecule has 0 bridgehead atoms. The van der Waals surface area contributed by atoms with Crippen molar-refractivity contribution in [2.75, 3.05) is 7.11 Å². The minimum Gasteiger partial charge on any atom is -0.496 e. The standard InChI is InChI=1S/C15H19N3O2/c1-10(2)18-15(16-9-17-18)8-13(19)12-6-5-11(3)7-14(12)20-4/h5-7,9-10H,8H2,1-4H3. The van der Waals surface area contributed by atoms with E-state index in [0.717, 1.165) is 5.56 Å². The molecule has 1 aromatic heterocycles. The first-order valence-electron chi connectivity index (χ1n) is 6.59. The van der Waals surface area contributed by atoms with Crippen molar-refractivity contribution in [1.29, 1.82) is 0 Å². The van der Waals surface area contributed by atoms with E-state index in [9.17, 15) is 4.79 Å². The maximum atomic E-state index is 12.4. The predicted octanol–water partition coefficient (Wildman–Crippen LogP) is 2.60. The summed E-state index contributed by atoms with van der Waals surface area (Å²) in [5.74, 6) is 1.26. The normalized spacial score (nSPS) is 10.8. The Morgan fingerprint density at radius 3 is 2.80 bits per heavy atom. The van der Waals surface area contributed by atoms with Gasteiger partial charge in [0.2, 0.25) is 0 Å². The molecule has 0 aliphatic heterocycles. The zero-order valence-electron chi connectivity index (χ0n) is 12.3. The number of ketones is 1. The molecular formula is C15H19N3O2. The molecule has 0 aliphatic rings. The maximum Gasteiger partial charge on any atom is 0.174 e. The first-order chi connectivity index (χ1) is 9.52. The van der Waals surface area contributed by atoms with E-state index >= 15 is 0 Å². The molecule has 1 heterocycles. The third-order valence-corrected chi connectivity index (χ3v) is 3.11. The number of nitrogens with zero attached hydrogens (tertiary/aromatic N) is 3. The summed E-state index contributed by atoms with van der Waals surface area (Å²) >= 11 is 0. The number of benzene rings is 1. The number of hydrogen-bond acceptors (Lipinski definition) is 4. The van der Waals surface area contributed by atoms with E-state index in [2.05, 4.69) is 10.1 Å². The Hall–Kier alpha value is -2.17. The van der Waals surface area contributed by atoms with Crippen LogP contribution in [-0.2, 0) is 6.42 Å². The van der Waals surface area contributed by atoms with E-state index in [1.54, 1.807) is 17.9 Å². The van der Waals surface area contributed by atoms with E-state index < -0.39 is 0 Å². The average molecular weight is 273 g/mol. The molecule has 0 saturated heterocycles. The smallest absolute Gasteiger partial charge is 0.174 e. The summed E-state index contributed by atoms with van der Waals surface area (Å²) in [7, 11) is 1.57. The molecule has 0 atom stereocenters. The third-order valence-electron chi connectivity index (χ3n) is 3.11. The minimum atomic E-state index is -0.0169. The van der Waals surface area contributed by atoms with Crippen LogP contribution in [0, 0.1) is 6.92 Å². The molecule has 0 saturated carbocycles. The van der Waals surface area contributed by atoms with Gasteiger partial charge < -0.3 is 4.74 Å². The van der Waals surface area contributed by atoms with Gasteiger partial charge in [0.1, 0.15) is 17.9 Å². The fourth-order valence-electron chi connectivity index (χ4n) is 2.10. The lowest BCUT2D eigenvalue weighted by atomic mass is 10.0. The predicted molar refractivity (Wildman–Crippen MR) is 76.2 cm³/mol. The number of ether oxygens (including phenoxy) is 1. The average Bonchev–Trinajstić information content (AvgIpc) is 2.86. The van der Waals surface area contributed by atoms with Gasteiger partial charge in [0.25, 0.3) is 0 Å². The van der Waals surface area contributed by atoms with Crippen LogP contribution < -0.4 is 4.74 Å². The Bertz CT molecular complexity index is 617. The monoisotopic (exact) mass is 273 g/mol. The fourth-order valence-corrected chi connectivity index (χ4v) is 2.10. The summed E-state index contributed by atoms with van der Waals surface area (Å²) in [6, 6.07) is 5.75. The van der Waals surface area contributed by atoms with E-state index in [4.69, 9.17) is 4.74 Å². The van der Waals surface area contributed by atoms with Crippen molar-refractivity contribution < 1.29 is 9.53 Å². The first-order valence-corrected chi connectivity index (χ1v) is 6.59. The fraction of sp³-hybridized carbons (Fsp3) is 0.400. The number of Topliss-reactive ketones (excluding diaryl/α,β-unsaturated/α-hetero) is 1. The number of aromatic nitrogens is 3. The summed E-state index contributed by atoms with van der Waals surface area (Å²) in [6.07, 6.45) is 1.70. The van der Waals surface area contributed by atoms with Crippen molar-refractivity contribution in [1.82, 2.24) is 14.8 Å². The number of carbonyl (C=O) groups excluding carboxylic acids is 1. The topological polar surface area (TPSA) is 57.0 Å². The highest BCUT2D eigenvalue weighted by Gasteiger charge is 2.17. The van der Waals surface area contributed by atoms with Crippen molar-refractivity contribution in [2.45, 2.75) is 33.2 Å². The van der Waals surface area contributed by atoms with Crippen LogP contribution in [0.25, 0.3) is 0 Å². The van der Waals surface area contributed by atoms with Crippen LogP contribution in [0.15, 0.2) is 24.5 Å². The molecule has 20 heavy (non-hydrogen) atoms. The van der Waals surface area contributed by atoms with Crippen LogP contribution in [0.3, 0.4) is 0 Å². The molecule has 5 heteroatoms. The van der Waals surface area contributed by atoms with Gasteiger partial charge in [0.15, 0.2) is 5.78 Å². The molecule has 0 radical (unpaired) electrons. The van der Waals surface area contributed by atoms with Gasteiger partial charge in [-0.25, -0.2) is 9.67 Å².